The molecule has 0 aliphatic carbocycles. The average Bonchev–Trinajstić information content (AvgIpc) is 3.15. The topological polar surface area (TPSA) is 188 Å². The van der Waals surface area contributed by atoms with E-state index in [0.717, 1.165) is 19.9 Å². The minimum absolute atomic E-state index is 0.0598. The summed E-state index contributed by atoms with van der Waals surface area (Å²) in [5, 5.41) is 5.80. The molecule has 2 aromatic heterocycles. The van der Waals surface area contributed by atoms with Crippen LogP contribution in [0.25, 0.3) is 5.70 Å². The number of amides is 2. The maximum absolute atomic E-state index is 13.1. The predicted octanol–water partition coefficient (Wildman–Crippen LogP) is 1.41. The lowest BCUT2D eigenvalue weighted by atomic mass is 9.89. The van der Waals surface area contributed by atoms with Gasteiger partial charge in [-0.1, -0.05) is 5.16 Å². The van der Waals surface area contributed by atoms with Crippen LogP contribution in [0.2, 0.25) is 0 Å². The first-order valence-corrected chi connectivity index (χ1v) is 9.91. The standard InChI is InChI=1S/C20H25F3N8O3/c1-9(2)29-16(25)14(17(26)33)15(24)18-27-7-10(8-28-18)5-13(32)30-12-6-11(34-31-12)19(3,4)20(21,22)23/h6-9H,5,24H2,1-4H3,(H2,25,29)(H2,26,33)(H,30,31,32)/b15-14+. The minimum Gasteiger partial charge on any atom is -0.395 e. The van der Waals surface area contributed by atoms with Gasteiger partial charge in [-0.25, -0.2) is 9.97 Å². The Morgan fingerprint density at radius 1 is 1.15 bits per heavy atom. The maximum atomic E-state index is 13.1. The number of hydrogen-bond acceptors (Lipinski definition) is 8. The second kappa shape index (κ2) is 9.89. The largest absolute Gasteiger partial charge is 0.401 e. The summed E-state index contributed by atoms with van der Waals surface area (Å²) in [5.41, 5.74) is 14.8. The molecule has 0 saturated carbocycles. The van der Waals surface area contributed by atoms with Gasteiger partial charge in [-0.05, 0) is 33.3 Å². The molecule has 0 saturated heterocycles. The molecule has 0 bridgehead atoms. The highest BCUT2D eigenvalue weighted by Gasteiger charge is 2.51. The van der Waals surface area contributed by atoms with Crippen LogP contribution in [-0.4, -0.2) is 45.0 Å². The number of nitrogens with zero attached hydrogens (tertiary/aromatic N) is 4. The zero-order chi connectivity index (χ0) is 25.8. The summed E-state index contributed by atoms with van der Waals surface area (Å²) in [5.74, 6) is -2.35. The molecule has 184 valence electrons. The van der Waals surface area contributed by atoms with Crippen LogP contribution in [0.1, 0.15) is 44.8 Å². The number of rotatable bonds is 8. The van der Waals surface area contributed by atoms with Crippen LogP contribution in [0, 0.1) is 0 Å². The first kappa shape index (κ1) is 26.3. The van der Waals surface area contributed by atoms with Crippen LogP contribution in [0.4, 0.5) is 19.0 Å². The molecule has 7 N–H and O–H groups in total. The molecule has 2 aromatic rings. The summed E-state index contributed by atoms with van der Waals surface area (Å²) in [6.07, 6.45) is -2.23. The number of carbonyl (C=O) groups is 2. The van der Waals surface area contributed by atoms with Crippen LogP contribution in [0.15, 0.2) is 33.5 Å². The van der Waals surface area contributed by atoms with Crippen molar-refractivity contribution in [2.24, 2.45) is 22.2 Å². The quantitative estimate of drug-likeness (QED) is 0.247. The molecule has 0 radical (unpaired) electrons. The molecular weight excluding hydrogens is 457 g/mol. The summed E-state index contributed by atoms with van der Waals surface area (Å²) in [7, 11) is 0. The third kappa shape index (κ3) is 6.08. The molecule has 0 unspecified atom stereocenters. The van der Waals surface area contributed by atoms with Gasteiger partial charge in [0, 0.05) is 24.5 Å². The highest BCUT2D eigenvalue weighted by molar-refractivity contribution is 6.24. The summed E-state index contributed by atoms with van der Waals surface area (Å²) in [6, 6.07) is 0.787. The third-order valence-corrected chi connectivity index (χ3v) is 4.58. The van der Waals surface area contributed by atoms with Crippen molar-refractivity contribution in [2.45, 2.75) is 51.7 Å². The smallest absolute Gasteiger partial charge is 0.395 e. The van der Waals surface area contributed by atoms with Crippen LogP contribution in [0.5, 0.6) is 0 Å². The third-order valence-electron chi connectivity index (χ3n) is 4.58. The van der Waals surface area contributed by atoms with Crippen molar-refractivity contribution in [1.29, 1.82) is 0 Å². The van der Waals surface area contributed by atoms with Gasteiger partial charge < -0.3 is 27.0 Å². The van der Waals surface area contributed by atoms with E-state index in [4.69, 9.17) is 21.7 Å². The molecule has 0 aromatic carbocycles. The molecule has 0 aliphatic rings. The highest BCUT2D eigenvalue weighted by atomic mass is 19.4. The molecule has 34 heavy (non-hydrogen) atoms. The van der Waals surface area contributed by atoms with Gasteiger partial charge in [-0.2, -0.15) is 13.2 Å². The van der Waals surface area contributed by atoms with E-state index >= 15 is 0 Å². The Kier molecular flexibility index (Phi) is 7.64. The van der Waals surface area contributed by atoms with Crippen molar-refractivity contribution >= 4 is 29.2 Å². The summed E-state index contributed by atoms with van der Waals surface area (Å²) >= 11 is 0. The highest BCUT2D eigenvalue weighted by Crippen LogP contribution is 2.41. The number of carbonyl (C=O) groups excluding carboxylic acids is 2. The fraction of sp³-hybridized carbons (Fsp3) is 0.400. The molecule has 11 nitrogen and oxygen atoms in total. The summed E-state index contributed by atoms with van der Waals surface area (Å²) < 4.78 is 44.1. The number of hydrogen-bond donors (Lipinski definition) is 4. The van der Waals surface area contributed by atoms with E-state index in [2.05, 4.69) is 25.4 Å². The second-order valence-electron chi connectivity index (χ2n) is 8.10. The Morgan fingerprint density at radius 2 is 1.74 bits per heavy atom. The van der Waals surface area contributed by atoms with Crippen molar-refractivity contribution in [3.63, 3.8) is 0 Å². The molecule has 0 aliphatic heterocycles. The fourth-order valence-corrected chi connectivity index (χ4v) is 2.58. The molecule has 2 rings (SSSR count). The van der Waals surface area contributed by atoms with E-state index in [1.54, 1.807) is 13.8 Å². The Morgan fingerprint density at radius 3 is 2.24 bits per heavy atom. The van der Waals surface area contributed by atoms with Gasteiger partial charge in [0.25, 0.3) is 5.91 Å². The number of nitrogens with one attached hydrogen (secondary N) is 1. The Labute approximate surface area is 192 Å². The lowest BCUT2D eigenvalue weighted by Crippen LogP contribution is -2.35. The number of anilines is 1. The zero-order valence-corrected chi connectivity index (χ0v) is 18.9. The van der Waals surface area contributed by atoms with Gasteiger partial charge in [-0.15, -0.1) is 0 Å². The van der Waals surface area contributed by atoms with Crippen molar-refractivity contribution < 1.29 is 27.3 Å². The Hall–Kier alpha value is -3.97. The Bertz CT molecular complexity index is 1120. The molecule has 0 atom stereocenters. The lowest BCUT2D eigenvalue weighted by molar-refractivity contribution is -0.185. The van der Waals surface area contributed by atoms with Crippen molar-refractivity contribution in [2.75, 3.05) is 5.32 Å². The molecule has 0 spiro atoms. The van der Waals surface area contributed by atoms with E-state index in [1.807, 2.05) is 0 Å². The molecular formula is C20H25F3N8O3. The van der Waals surface area contributed by atoms with Crippen molar-refractivity contribution in [1.82, 2.24) is 15.1 Å². The van der Waals surface area contributed by atoms with Gasteiger partial charge in [0.2, 0.25) is 5.91 Å². The number of primary amides is 1. The number of amidine groups is 1. The monoisotopic (exact) mass is 482 g/mol. The van der Waals surface area contributed by atoms with Gasteiger partial charge in [-0.3, -0.25) is 14.6 Å². The summed E-state index contributed by atoms with van der Waals surface area (Å²) in [6.45, 7) is 5.36. The molecule has 0 fully saturated rings. The second-order valence-corrected chi connectivity index (χ2v) is 8.10. The number of halogens is 3. The van der Waals surface area contributed by atoms with E-state index in [-0.39, 0.29) is 41.2 Å². The van der Waals surface area contributed by atoms with Gasteiger partial charge in [0.05, 0.1) is 12.1 Å². The predicted molar refractivity (Wildman–Crippen MR) is 117 cm³/mol. The van der Waals surface area contributed by atoms with Gasteiger partial charge >= 0.3 is 6.18 Å². The van der Waals surface area contributed by atoms with E-state index < -0.39 is 29.2 Å². The van der Waals surface area contributed by atoms with Gasteiger partial charge in [0.15, 0.2) is 17.4 Å². The SMILES string of the molecule is CC(C)N=C(N)/C(C(N)=O)=C(\N)c1ncc(CC(=O)Nc2cc(C(C)(C)C(F)(F)F)on2)cn1. The van der Waals surface area contributed by atoms with Crippen LogP contribution in [-0.2, 0) is 21.4 Å². The number of aromatic nitrogens is 3. The van der Waals surface area contributed by atoms with Gasteiger partial charge in [0.1, 0.15) is 16.8 Å². The van der Waals surface area contributed by atoms with E-state index in [1.165, 1.54) is 12.4 Å². The van der Waals surface area contributed by atoms with E-state index in [0.29, 0.717) is 5.56 Å². The van der Waals surface area contributed by atoms with Crippen LogP contribution < -0.4 is 22.5 Å². The maximum Gasteiger partial charge on any atom is 0.401 e. The molecule has 14 heteroatoms. The first-order valence-electron chi connectivity index (χ1n) is 9.91. The molecule has 2 heterocycles. The fourth-order valence-electron chi connectivity index (χ4n) is 2.58. The lowest BCUT2D eigenvalue weighted by Gasteiger charge is -2.24. The van der Waals surface area contributed by atoms with Crippen molar-refractivity contribution in [3.8, 4) is 0 Å². The van der Waals surface area contributed by atoms with E-state index in [9.17, 15) is 22.8 Å². The number of nitrogens with two attached hydrogens (primary N) is 3. The Balaban J connectivity index is 2.15. The average molecular weight is 482 g/mol. The zero-order valence-electron chi connectivity index (χ0n) is 18.9. The van der Waals surface area contributed by atoms with Crippen LogP contribution in [0.3, 0.4) is 0 Å². The normalized spacial score (nSPS) is 13.6. The number of aliphatic imine (C=N–C) groups is 1. The first-order chi connectivity index (χ1) is 15.6. The minimum atomic E-state index is -4.57. The number of alkyl halides is 3. The molecule has 2 amide bonds. The van der Waals surface area contributed by atoms with Crippen LogP contribution >= 0.6 is 0 Å². The summed E-state index contributed by atoms with van der Waals surface area (Å²) in [4.78, 5) is 36.1. The van der Waals surface area contributed by atoms with Crippen molar-refractivity contribution in [3.05, 3.63) is 41.2 Å².